The Morgan fingerprint density at radius 1 is 1.22 bits per heavy atom. The summed E-state index contributed by atoms with van der Waals surface area (Å²) in [5.74, 6) is -0.958. The number of carbonyl (C=O) groups excluding carboxylic acids is 2. The predicted octanol–water partition coefficient (Wildman–Crippen LogP) is 1.91. The molecule has 0 fully saturated rings. The highest BCUT2D eigenvalue weighted by Crippen LogP contribution is 2.13. The molecule has 9 heteroatoms. The Labute approximate surface area is 130 Å². The molecule has 0 aliphatic rings. The number of nitro groups is 1. The number of benzene rings is 1. The maximum absolute atomic E-state index is 11.8. The molecule has 2 aromatic rings. The molecule has 1 aromatic heterocycles. The average molecular weight is 316 g/mol. The summed E-state index contributed by atoms with van der Waals surface area (Å²) in [5, 5.41) is 16.7. The van der Waals surface area contributed by atoms with Crippen molar-refractivity contribution in [3.63, 3.8) is 0 Å². The van der Waals surface area contributed by atoms with E-state index in [0.29, 0.717) is 11.3 Å². The van der Waals surface area contributed by atoms with Crippen molar-refractivity contribution in [2.45, 2.75) is 6.92 Å². The van der Waals surface area contributed by atoms with Gasteiger partial charge in [0.15, 0.2) is 5.76 Å². The number of hydrogen-bond acceptors (Lipinski definition) is 6. The van der Waals surface area contributed by atoms with E-state index in [-0.39, 0.29) is 11.7 Å². The molecule has 2 N–H and O–H groups in total. The third kappa shape index (κ3) is 4.49. The molecule has 118 valence electrons. The Morgan fingerprint density at radius 2 is 1.91 bits per heavy atom. The minimum absolute atomic E-state index is 0.137. The number of furan rings is 1. The average Bonchev–Trinajstić information content (AvgIpc) is 2.96. The van der Waals surface area contributed by atoms with Gasteiger partial charge in [-0.3, -0.25) is 19.7 Å². The monoisotopic (exact) mass is 316 g/mol. The van der Waals surface area contributed by atoms with E-state index in [1.165, 1.54) is 31.2 Å². The second-order valence-electron chi connectivity index (χ2n) is 4.39. The van der Waals surface area contributed by atoms with E-state index in [2.05, 4.69) is 15.8 Å². The maximum Gasteiger partial charge on any atom is 0.433 e. The van der Waals surface area contributed by atoms with Crippen LogP contribution in [0.2, 0.25) is 0 Å². The zero-order chi connectivity index (χ0) is 16.8. The first-order chi connectivity index (χ1) is 11.0. The third-order valence-electron chi connectivity index (χ3n) is 2.62. The molecule has 2 rings (SSSR count). The molecule has 0 bridgehead atoms. The van der Waals surface area contributed by atoms with Gasteiger partial charge in [0, 0.05) is 18.2 Å². The molecule has 0 saturated carbocycles. The van der Waals surface area contributed by atoms with Crippen molar-refractivity contribution in [3.05, 3.63) is 57.8 Å². The van der Waals surface area contributed by atoms with Gasteiger partial charge in [0.1, 0.15) is 4.92 Å². The number of hydrazone groups is 1. The van der Waals surface area contributed by atoms with Gasteiger partial charge in [-0.1, -0.05) is 0 Å². The van der Waals surface area contributed by atoms with E-state index in [1.807, 2.05) is 0 Å². The summed E-state index contributed by atoms with van der Waals surface area (Å²) in [4.78, 5) is 32.5. The number of amides is 2. The highest BCUT2D eigenvalue weighted by molar-refractivity contribution is 5.95. The Morgan fingerprint density at radius 3 is 2.48 bits per heavy atom. The molecule has 0 radical (unpaired) electrons. The first kappa shape index (κ1) is 15.9. The summed E-state index contributed by atoms with van der Waals surface area (Å²) in [6.07, 6.45) is 1.15. The van der Waals surface area contributed by atoms with Gasteiger partial charge in [-0.25, -0.2) is 5.43 Å². The lowest BCUT2D eigenvalue weighted by Gasteiger charge is -2.03. The van der Waals surface area contributed by atoms with Crippen LogP contribution in [0.15, 0.2) is 45.9 Å². The van der Waals surface area contributed by atoms with Gasteiger partial charge in [-0.15, -0.1) is 0 Å². The minimum atomic E-state index is -0.674. The van der Waals surface area contributed by atoms with Crippen LogP contribution in [0.3, 0.4) is 0 Å². The molecule has 0 atom stereocenters. The van der Waals surface area contributed by atoms with Crippen LogP contribution in [0.5, 0.6) is 0 Å². The Bertz CT molecular complexity index is 764. The van der Waals surface area contributed by atoms with E-state index in [0.717, 1.165) is 6.21 Å². The molecule has 0 spiro atoms. The van der Waals surface area contributed by atoms with Gasteiger partial charge in [0.05, 0.1) is 12.3 Å². The fourth-order valence-electron chi connectivity index (χ4n) is 1.64. The highest BCUT2D eigenvalue weighted by atomic mass is 16.6. The van der Waals surface area contributed by atoms with Crippen LogP contribution in [0.25, 0.3) is 0 Å². The lowest BCUT2D eigenvalue weighted by atomic mass is 10.2. The highest BCUT2D eigenvalue weighted by Gasteiger charge is 2.10. The van der Waals surface area contributed by atoms with Gasteiger partial charge < -0.3 is 9.73 Å². The first-order valence-corrected chi connectivity index (χ1v) is 6.41. The number of nitrogens with one attached hydrogen (secondary N) is 2. The number of rotatable bonds is 5. The molecular weight excluding hydrogens is 304 g/mol. The fourth-order valence-corrected chi connectivity index (χ4v) is 1.64. The standard InChI is InChI=1S/C14H12N4O5/c1-9(19)16-11-4-2-10(3-5-11)14(20)17-15-8-12-6-7-13(23-12)18(21)22/h2-8H,1H3,(H,16,19)(H,17,20). The maximum atomic E-state index is 11.8. The summed E-state index contributed by atoms with van der Waals surface area (Å²) >= 11 is 0. The van der Waals surface area contributed by atoms with Gasteiger partial charge in [0.25, 0.3) is 5.91 Å². The lowest BCUT2D eigenvalue weighted by Crippen LogP contribution is -2.17. The van der Waals surface area contributed by atoms with Crippen molar-refractivity contribution in [1.29, 1.82) is 0 Å². The second-order valence-corrected chi connectivity index (χ2v) is 4.39. The van der Waals surface area contributed by atoms with Crippen LogP contribution in [0.1, 0.15) is 23.0 Å². The van der Waals surface area contributed by atoms with Crippen LogP contribution in [-0.2, 0) is 4.79 Å². The van der Waals surface area contributed by atoms with Crippen molar-refractivity contribution in [2.75, 3.05) is 5.32 Å². The Hall–Kier alpha value is -3.49. The fraction of sp³-hybridized carbons (Fsp3) is 0.0714. The third-order valence-corrected chi connectivity index (χ3v) is 2.62. The molecular formula is C14H12N4O5. The normalized spacial score (nSPS) is 10.5. The van der Waals surface area contributed by atoms with Gasteiger partial charge >= 0.3 is 5.88 Å². The number of anilines is 1. The second kappa shape index (κ2) is 6.98. The van der Waals surface area contributed by atoms with Crippen LogP contribution in [-0.4, -0.2) is 23.0 Å². The van der Waals surface area contributed by atoms with Crippen molar-refractivity contribution in [3.8, 4) is 0 Å². The summed E-state index contributed by atoms with van der Waals surface area (Å²) < 4.78 is 4.85. The van der Waals surface area contributed by atoms with E-state index in [1.54, 1.807) is 12.1 Å². The molecule has 1 aromatic carbocycles. The SMILES string of the molecule is CC(=O)Nc1ccc(C(=O)NN=Cc2ccc([N+](=O)[O-])o2)cc1. The van der Waals surface area contributed by atoms with Crippen molar-refractivity contribution in [1.82, 2.24) is 5.43 Å². The molecule has 0 aliphatic heterocycles. The summed E-state index contributed by atoms with van der Waals surface area (Å²) in [6, 6.07) is 8.74. The molecule has 0 aliphatic carbocycles. The molecule has 1 heterocycles. The van der Waals surface area contributed by atoms with Gasteiger partial charge in [-0.05, 0) is 30.3 Å². The van der Waals surface area contributed by atoms with E-state index in [9.17, 15) is 19.7 Å². The predicted molar refractivity (Wildman–Crippen MR) is 81.2 cm³/mol. The van der Waals surface area contributed by atoms with Crippen molar-refractivity contribution < 1.29 is 18.9 Å². The van der Waals surface area contributed by atoms with Gasteiger partial charge in [-0.2, -0.15) is 5.10 Å². The largest absolute Gasteiger partial charge is 0.433 e. The smallest absolute Gasteiger partial charge is 0.400 e. The minimum Gasteiger partial charge on any atom is -0.400 e. The van der Waals surface area contributed by atoms with Gasteiger partial charge in [0.2, 0.25) is 5.91 Å². The van der Waals surface area contributed by atoms with Crippen LogP contribution in [0, 0.1) is 10.1 Å². The van der Waals surface area contributed by atoms with Crippen LogP contribution >= 0.6 is 0 Å². The molecule has 0 saturated heterocycles. The van der Waals surface area contributed by atoms with E-state index in [4.69, 9.17) is 4.42 Å². The molecule has 9 nitrogen and oxygen atoms in total. The summed E-state index contributed by atoms with van der Waals surface area (Å²) in [7, 11) is 0. The lowest BCUT2D eigenvalue weighted by molar-refractivity contribution is -0.402. The van der Waals surface area contributed by atoms with E-state index < -0.39 is 16.7 Å². The summed E-state index contributed by atoms with van der Waals surface area (Å²) in [6.45, 7) is 1.38. The topological polar surface area (TPSA) is 127 Å². The number of hydrogen-bond donors (Lipinski definition) is 2. The van der Waals surface area contributed by atoms with E-state index >= 15 is 0 Å². The number of nitrogens with zero attached hydrogens (tertiary/aromatic N) is 2. The Kier molecular flexibility index (Phi) is 4.82. The first-order valence-electron chi connectivity index (χ1n) is 6.41. The molecule has 0 unspecified atom stereocenters. The van der Waals surface area contributed by atoms with Crippen LogP contribution in [0.4, 0.5) is 11.6 Å². The number of carbonyl (C=O) groups is 2. The quantitative estimate of drug-likeness (QED) is 0.495. The zero-order valence-electron chi connectivity index (χ0n) is 12.0. The van der Waals surface area contributed by atoms with Crippen molar-refractivity contribution in [2.24, 2.45) is 5.10 Å². The van der Waals surface area contributed by atoms with Crippen molar-refractivity contribution >= 4 is 29.6 Å². The Balaban J connectivity index is 1.94. The van der Waals surface area contributed by atoms with Crippen LogP contribution < -0.4 is 10.7 Å². The zero-order valence-corrected chi connectivity index (χ0v) is 12.0. The molecule has 2 amide bonds. The molecule has 23 heavy (non-hydrogen) atoms. The summed E-state index contributed by atoms with van der Waals surface area (Å²) in [5.41, 5.74) is 3.16.